The van der Waals surface area contributed by atoms with Crippen molar-refractivity contribution >= 4 is 5.69 Å². The van der Waals surface area contributed by atoms with Crippen LogP contribution in [-0.4, -0.2) is 10.0 Å². The second-order valence-electron chi connectivity index (χ2n) is 3.85. The first kappa shape index (κ1) is 11.3. The molecular formula is C12H11NO4. The van der Waals surface area contributed by atoms with E-state index in [4.69, 9.17) is 4.42 Å². The molecule has 0 bridgehead atoms. The predicted molar refractivity (Wildman–Crippen MR) is 60.5 cm³/mol. The highest BCUT2D eigenvalue weighted by Crippen LogP contribution is 2.30. The molecule has 0 saturated carbocycles. The van der Waals surface area contributed by atoms with Crippen LogP contribution in [0.15, 0.2) is 47.1 Å². The van der Waals surface area contributed by atoms with E-state index in [0.717, 1.165) is 0 Å². The molecule has 1 heterocycles. The molecule has 2 aromatic rings. The number of benzene rings is 1. The van der Waals surface area contributed by atoms with Crippen molar-refractivity contribution in [1.29, 1.82) is 0 Å². The van der Waals surface area contributed by atoms with E-state index in [0.29, 0.717) is 11.3 Å². The van der Waals surface area contributed by atoms with E-state index >= 15 is 0 Å². The molecule has 88 valence electrons. The van der Waals surface area contributed by atoms with Gasteiger partial charge in [-0.3, -0.25) is 10.1 Å². The Balaban J connectivity index is 2.37. The number of hydrogen-bond donors (Lipinski definition) is 1. The molecule has 1 aromatic heterocycles. The van der Waals surface area contributed by atoms with Crippen molar-refractivity contribution in [2.24, 2.45) is 0 Å². The molecule has 0 aliphatic heterocycles. The van der Waals surface area contributed by atoms with Crippen LogP contribution in [0.1, 0.15) is 18.2 Å². The van der Waals surface area contributed by atoms with E-state index in [-0.39, 0.29) is 5.69 Å². The van der Waals surface area contributed by atoms with Crippen molar-refractivity contribution in [2.45, 2.75) is 12.5 Å². The third kappa shape index (κ3) is 2.05. The van der Waals surface area contributed by atoms with Crippen molar-refractivity contribution in [2.75, 3.05) is 0 Å². The van der Waals surface area contributed by atoms with E-state index in [9.17, 15) is 15.2 Å². The molecular weight excluding hydrogens is 222 g/mol. The molecule has 2 rings (SSSR count). The Bertz CT molecular complexity index is 514. The first-order valence-corrected chi connectivity index (χ1v) is 5.03. The summed E-state index contributed by atoms with van der Waals surface area (Å²) in [5.74, 6) is 0.395. The topological polar surface area (TPSA) is 76.5 Å². The summed E-state index contributed by atoms with van der Waals surface area (Å²) in [5.41, 5.74) is -0.763. The summed E-state index contributed by atoms with van der Waals surface area (Å²) < 4.78 is 5.15. The molecule has 1 atom stereocenters. The molecule has 5 nitrogen and oxygen atoms in total. The number of furan rings is 1. The smallest absolute Gasteiger partial charge is 0.269 e. The van der Waals surface area contributed by atoms with E-state index < -0.39 is 10.5 Å². The van der Waals surface area contributed by atoms with Crippen LogP contribution in [0.2, 0.25) is 0 Å². The van der Waals surface area contributed by atoms with Gasteiger partial charge in [0.15, 0.2) is 0 Å². The maximum absolute atomic E-state index is 10.5. The summed E-state index contributed by atoms with van der Waals surface area (Å²) >= 11 is 0. The monoisotopic (exact) mass is 233 g/mol. The second-order valence-corrected chi connectivity index (χ2v) is 3.85. The average molecular weight is 233 g/mol. The molecule has 1 aromatic carbocycles. The van der Waals surface area contributed by atoms with E-state index in [1.165, 1.54) is 30.5 Å². The number of non-ortho nitro benzene ring substituents is 1. The minimum absolute atomic E-state index is 0.0102. The molecule has 0 aliphatic rings. The van der Waals surface area contributed by atoms with Gasteiger partial charge in [0.05, 0.1) is 11.2 Å². The quantitative estimate of drug-likeness (QED) is 0.652. The van der Waals surface area contributed by atoms with Crippen LogP contribution in [0.25, 0.3) is 0 Å². The highest BCUT2D eigenvalue weighted by Gasteiger charge is 2.28. The third-order valence-corrected chi connectivity index (χ3v) is 2.64. The van der Waals surface area contributed by atoms with Crippen molar-refractivity contribution in [1.82, 2.24) is 0 Å². The lowest BCUT2D eigenvalue weighted by Crippen LogP contribution is -2.21. The third-order valence-electron chi connectivity index (χ3n) is 2.64. The number of aliphatic hydroxyl groups is 1. The number of nitrogens with zero attached hydrogens (tertiary/aromatic N) is 1. The van der Waals surface area contributed by atoms with Crippen LogP contribution in [0.5, 0.6) is 0 Å². The van der Waals surface area contributed by atoms with Gasteiger partial charge < -0.3 is 9.52 Å². The van der Waals surface area contributed by atoms with Crippen molar-refractivity contribution < 1.29 is 14.4 Å². The molecule has 5 heteroatoms. The zero-order valence-corrected chi connectivity index (χ0v) is 9.16. The Morgan fingerprint density at radius 3 is 2.41 bits per heavy atom. The van der Waals surface area contributed by atoms with Gasteiger partial charge in [0.25, 0.3) is 5.69 Å². The Labute approximate surface area is 97.5 Å². The Morgan fingerprint density at radius 2 is 1.94 bits per heavy atom. The zero-order chi connectivity index (χ0) is 12.5. The highest BCUT2D eigenvalue weighted by atomic mass is 16.6. The summed E-state index contributed by atoms with van der Waals surface area (Å²) in [4.78, 5) is 10.0. The van der Waals surface area contributed by atoms with E-state index in [1.54, 1.807) is 19.1 Å². The zero-order valence-electron chi connectivity index (χ0n) is 9.16. The van der Waals surface area contributed by atoms with E-state index in [1.807, 2.05) is 0 Å². The summed E-state index contributed by atoms with van der Waals surface area (Å²) in [6.45, 7) is 1.58. The summed E-state index contributed by atoms with van der Waals surface area (Å²) in [6.07, 6.45) is 1.47. The highest BCUT2D eigenvalue weighted by molar-refractivity contribution is 5.38. The van der Waals surface area contributed by atoms with Crippen molar-refractivity contribution in [3.63, 3.8) is 0 Å². The standard InChI is InChI=1S/C12H11NO4/c1-12(14,11-3-2-8-17-11)9-4-6-10(7-5-9)13(15)16/h2-8,14H,1H3/t12-/m1/s1. The first-order chi connectivity index (χ1) is 8.01. The normalized spacial score (nSPS) is 14.2. The fourth-order valence-electron chi connectivity index (χ4n) is 1.61. The lowest BCUT2D eigenvalue weighted by Gasteiger charge is -2.20. The number of nitro groups is 1. The van der Waals surface area contributed by atoms with Gasteiger partial charge in [-0.25, -0.2) is 0 Å². The number of hydrogen-bond acceptors (Lipinski definition) is 4. The summed E-state index contributed by atoms with van der Waals surface area (Å²) in [7, 11) is 0. The Kier molecular flexibility index (Phi) is 2.69. The molecule has 0 saturated heterocycles. The molecule has 0 spiro atoms. The fraction of sp³-hybridized carbons (Fsp3) is 0.167. The minimum Gasteiger partial charge on any atom is -0.466 e. The molecule has 0 radical (unpaired) electrons. The van der Waals surface area contributed by atoms with Gasteiger partial charge >= 0.3 is 0 Å². The number of rotatable bonds is 3. The SMILES string of the molecule is C[C@@](O)(c1ccc([N+](=O)[O-])cc1)c1ccco1. The largest absolute Gasteiger partial charge is 0.466 e. The van der Waals surface area contributed by atoms with Crippen LogP contribution in [-0.2, 0) is 5.60 Å². The van der Waals surface area contributed by atoms with Gasteiger partial charge in [-0.05, 0) is 36.8 Å². The van der Waals surface area contributed by atoms with Crippen LogP contribution >= 0.6 is 0 Å². The minimum atomic E-state index is -1.29. The van der Waals surface area contributed by atoms with Gasteiger partial charge in [-0.2, -0.15) is 0 Å². The molecule has 1 N–H and O–H groups in total. The lowest BCUT2D eigenvalue weighted by atomic mass is 9.93. The van der Waals surface area contributed by atoms with Gasteiger partial charge in [-0.15, -0.1) is 0 Å². The lowest BCUT2D eigenvalue weighted by molar-refractivity contribution is -0.384. The van der Waals surface area contributed by atoms with Gasteiger partial charge in [0, 0.05) is 12.1 Å². The summed E-state index contributed by atoms with van der Waals surface area (Å²) in [6, 6.07) is 9.07. The molecule has 17 heavy (non-hydrogen) atoms. The van der Waals surface area contributed by atoms with Gasteiger partial charge in [-0.1, -0.05) is 0 Å². The van der Waals surface area contributed by atoms with Gasteiger partial charge in [0.1, 0.15) is 11.4 Å². The summed E-state index contributed by atoms with van der Waals surface area (Å²) in [5, 5.41) is 20.8. The van der Waals surface area contributed by atoms with Crippen LogP contribution in [0.4, 0.5) is 5.69 Å². The van der Waals surface area contributed by atoms with Crippen molar-refractivity contribution in [3.05, 3.63) is 64.1 Å². The second kappa shape index (κ2) is 4.03. The van der Waals surface area contributed by atoms with Crippen molar-refractivity contribution in [3.8, 4) is 0 Å². The maximum atomic E-state index is 10.5. The Morgan fingerprint density at radius 1 is 1.29 bits per heavy atom. The van der Waals surface area contributed by atoms with Crippen LogP contribution < -0.4 is 0 Å². The van der Waals surface area contributed by atoms with Crippen LogP contribution in [0, 0.1) is 10.1 Å². The first-order valence-electron chi connectivity index (χ1n) is 5.03. The maximum Gasteiger partial charge on any atom is 0.269 e. The van der Waals surface area contributed by atoms with Crippen LogP contribution in [0.3, 0.4) is 0 Å². The van der Waals surface area contributed by atoms with E-state index in [2.05, 4.69) is 0 Å². The molecule has 0 amide bonds. The molecule has 0 fully saturated rings. The van der Waals surface area contributed by atoms with Gasteiger partial charge in [0.2, 0.25) is 0 Å². The molecule has 0 aliphatic carbocycles. The fourth-order valence-corrected chi connectivity index (χ4v) is 1.61. The molecule has 0 unspecified atom stereocenters. The average Bonchev–Trinajstić information content (AvgIpc) is 2.83. The Hall–Kier alpha value is -2.14. The number of nitro benzene ring substituents is 1. The predicted octanol–water partition coefficient (Wildman–Crippen LogP) is 2.44.